The van der Waals surface area contributed by atoms with Gasteiger partial charge in [0.1, 0.15) is 0 Å². The van der Waals surface area contributed by atoms with E-state index in [1.807, 2.05) is 0 Å². The summed E-state index contributed by atoms with van der Waals surface area (Å²) in [5.74, 6) is -3.74. The summed E-state index contributed by atoms with van der Waals surface area (Å²) in [6.07, 6.45) is -3.75. The number of nitrogens with zero attached hydrogens (tertiary/aromatic N) is 1. The number of hydrogen-bond acceptors (Lipinski definition) is 7. The minimum atomic E-state index is -3.23. The summed E-state index contributed by atoms with van der Waals surface area (Å²) in [5.41, 5.74) is -0.837. The number of halogens is 2. The standard InChI is InChI=1S/C22H24F2N2O8/c1-22(2,3)10-16(28)34-18(20(30)31)17-19(29)26(6-7-32-17)13-8-11-4-5-15(27)25-12(11)9-14(13)33-21(23)24/h4-5,8-9,17-18,21H,6-7,10H2,1-3H3,(H,25,27)(H,30,31)/t17-,18-/m1/s1. The van der Waals surface area contributed by atoms with Gasteiger partial charge in [0, 0.05) is 24.1 Å². The largest absolute Gasteiger partial charge is 0.478 e. The lowest BCUT2D eigenvalue weighted by molar-refractivity contribution is -0.179. The second kappa shape index (κ2) is 9.75. The molecular weight excluding hydrogens is 458 g/mol. The Morgan fingerprint density at radius 2 is 1.97 bits per heavy atom. The van der Waals surface area contributed by atoms with E-state index in [2.05, 4.69) is 9.72 Å². The van der Waals surface area contributed by atoms with Crippen molar-refractivity contribution in [3.8, 4) is 5.75 Å². The second-order valence-electron chi connectivity index (χ2n) is 8.88. The van der Waals surface area contributed by atoms with Gasteiger partial charge in [-0.3, -0.25) is 14.4 Å². The number of pyridine rings is 1. The van der Waals surface area contributed by atoms with Crippen LogP contribution in [0, 0.1) is 5.41 Å². The first kappa shape index (κ1) is 25.1. The summed E-state index contributed by atoms with van der Waals surface area (Å²) in [5, 5.41) is 10.0. The number of anilines is 1. The molecule has 2 atom stereocenters. The smallest absolute Gasteiger partial charge is 0.387 e. The molecule has 0 radical (unpaired) electrons. The number of H-pyrrole nitrogens is 1. The summed E-state index contributed by atoms with van der Waals surface area (Å²) < 4.78 is 41.1. The predicted octanol–water partition coefficient (Wildman–Crippen LogP) is 2.29. The van der Waals surface area contributed by atoms with Crippen molar-refractivity contribution in [3.63, 3.8) is 0 Å². The molecule has 1 aromatic heterocycles. The van der Waals surface area contributed by atoms with Crippen molar-refractivity contribution in [2.45, 2.75) is 46.0 Å². The molecule has 1 amide bonds. The number of carbonyl (C=O) groups is 3. The Balaban J connectivity index is 1.97. The number of carbonyl (C=O) groups excluding carboxylic acids is 2. The molecule has 2 N–H and O–H groups in total. The summed E-state index contributed by atoms with van der Waals surface area (Å²) in [6, 6.07) is 5.15. The highest BCUT2D eigenvalue weighted by atomic mass is 19.3. The average Bonchev–Trinajstić information content (AvgIpc) is 2.70. The number of ether oxygens (including phenoxy) is 3. The third-order valence-corrected chi connectivity index (χ3v) is 4.88. The number of nitrogens with one attached hydrogen (secondary N) is 1. The quantitative estimate of drug-likeness (QED) is 0.574. The van der Waals surface area contributed by atoms with Gasteiger partial charge in [-0.15, -0.1) is 0 Å². The monoisotopic (exact) mass is 482 g/mol. The number of aromatic nitrogens is 1. The lowest BCUT2D eigenvalue weighted by Gasteiger charge is -2.35. The Morgan fingerprint density at radius 1 is 1.26 bits per heavy atom. The molecular formula is C22H24F2N2O8. The number of carboxylic acids is 1. The Morgan fingerprint density at radius 3 is 2.59 bits per heavy atom. The third-order valence-electron chi connectivity index (χ3n) is 4.88. The van der Waals surface area contributed by atoms with Gasteiger partial charge >= 0.3 is 18.6 Å². The zero-order valence-corrected chi connectivity index (χ0v) is 18.7. The van der Waals surface area contributed by atoms with E-state index in [-0.39, 0.29) is 30.8 Å². The molecule has 3 rings (SSSR count). The maximum atomic E-state index is 13.2. The minimum Gasteiger partial charge on any atom is -0.478 e. The van der Waals surface area contributed by atoms with E-state index < -0.39 is 53.4 Å². The van der Waals surface area contributed by atoms with Crippen LogP contribution in [0.3, 0.4) is 0 Å². The number of amides is 1. The fourth-order valence-corrected chi connectivity index (χ4v) is 3.49. The molecule has 1 fully saturated rings. The van der Waals surface area contributed by atoms with Gasteiger partial charge in [-0.1, -0.05) is 20.8 Å². The average molecular weight is 482 g/mol. The van der Waals surface area contributed by atoms with Crippen LogP contribution in [0.5, 0.6) is 5.75 Å². The van der Waals surface area contributed by atoms with Crippen LogP contribution < -0.4 is 15.2 Å². The Bertz CT molecular complexity index is 1160. The number of hydrogen-bond donors (Lipinski definition) is 2. The fourth-order valence-electron chi connectivity index (χ4n) is 3.49. The third kappa shape index (κ3) is 5.87. The Labute approximate surface area is 192 Å². The van der Waals surface area contributed by atoms with Crippen molar-refractivity contribution in [2.24, 2.45) is 5.41 Å². The predicted molar refractivity (Wildman–Crippen MR) is 115 cm³/mol. The number of esters is 1. The van der Waals surface area contributed by atoms with Crippen LogP contribution in [-0.4, -0.2) is 59.9 Å². The molecule has 0 aliphatic carbocycles. The molecule has 1 aliphatic rings. The van der Waals surface area contributed by atoms with Crippen LogP contribution in [-0.2, 0) is 23.9 Å². The highest BCUT2D eigenvalue weighted by molar-refractivity contribution is 6.03. The van der Waals surface area contributed by atoms with Gasteiger partial charge in [-0.05, 0) is 17.5 Å². The van der Waals surface area contributed by atoms with E-state index >= 15 is 0 Å². The molecule has 0 unspecified atom stereocenters. The van der Waals surface area contributed by atoms with E-state index in [0.717, 1.165) is 11.0 Å². The molecule has 10 nitrogen and oxygen atoms in total. The van der Waals surface area contributed by atoms with Crippen LogP contribution in [0.2, 0.25) is 0 Å². The lowest BCUT2D eigenvalue weighted by Crippen LogP contribution is -2.56. The second-order valence-corrected chi connectivity index (χ2v) is 8.88. The van der Waals surface area contributed by atoms with Gasteiger partial charge in [-0.2, -0.15) is 8.78 Å². The van der Waals surface area contributed by atoms with Gasteiger partial charge in [0.2, 0.25) is 11.7 Å². The topological polar surface area (TPSA) is 135 Å². The molecule has 0 bridgehead atoms. The van der Waals surface area contributed by atoms with Gasteiger partial charge in [0.05, 0.1) is 24.2 Å². The van der Waals surface area contributed by atoms with Crippen molar-refractivity contribution in [2.75, 3.05) is 18.1 Å². The molecule has 184 valence electrons. The van der Waals surface area contributed by atoms with Crippen LogP contribution in [0.4, 0.5) is 14.5 Å². The number of carboxylic acid groups (broad SMARTS) is 1. The molecule has 2 heterocycles. The molecule has 1 saturated heterocycles. The number of rotatable bonds is 7. The van der Waals surface area contributed by atoms with Gasteiger partial charge in [-0.25, -0.2) is 4.79 Å². The molecule has 1 aliphatic heterocycles. The van der Waals surface area contributed by atoms with Gasteiger partial charge in [0.15, 0.2) is 11.9 Å². The maximum absolute atomic E-state index is 13.2. The van der Waals surface area contributed by atoms with Crippen molar-refractivity contribution in [3.05, 3.63) is 34.6 Å². The number of benzene rings is 1. The molecule has 0 saturated carbocycles. The number of morpholine rings is 1. The minimum absolute atomic E-state index is 0.0803. The van der Waals surface area contributed by atoms with E-state index in [1.165, 1.54) is 18.2 Å². The van der Waals surface area contributed by atoms with Gasteiger partial charge < -0.3 is 29.2 Å². The van der Waals surface area contributed by atoms with E-state index in [0.29, 0.717) is 5.39 Å². The number of aliphatic carboxylic acids is 1. The summed E-state index contributed by atoms with van der Waals surface area (Å²) >= 11 is 0. The molecule has 34 heavy (non-hydrogen) atoms. The van der Waals surface area contributed by atoms with Gasteiger partial charge in [0.25, 0.3) is 5.91 Å². The highest BCUT2D eigenvalue weighted by Crippen LogP contribution is 2.35. The van der Waals surface area contributed by atoms with E-state index in [1.54, 1.807) is 20.8 Å². The maximum Gasteiger partial charge on any atom is 0.387 e. The van der Waals surface area contributed by atoms with Crippen molar-refractivity contribution in [1.29, 1.82) is 0 Å². The van der Waals surface area contributed by atoms with Crippen molar-refractivity contribution in [1.82, 2.24) is 4.98 Å². The molecule has 12 heteroatoms. The number of alkyl halides is 2. The normalized spacial score (nSPS) is 17.6. The summed E-state index contributed by atoms with van der Waals surface area (Å²) in [6.45, 7) is 1.77. The first-order valence-corrected chi connectivity index (χ1v) is 10.3. The molecule has 0 spiro atoms. The first-order valence-electron chi connectivity index (χ1n) is 10.3. The SMILES string of the molecule is CC(C)(C)CC(=O)O[C@@H](C(=O)O)[C@H]1OCCN(c2cc3ccc(=O)[nH]c3cc2OC(F)F)C1=O. The Hall–Kier alpha value is -3.54. The fraction of sp³-hybridized carbons (Fsp3) is 0.455. The van der Waals surface area contributed by atoms with Crippen LogP contribution >= 0.6 is 0 Å². The summed E-state index contributed by atoms with van der Waals surface area (Å²) in [4.78, 5) is 52.4. The summed E-state index contributed by atoms with van der Waals surface area (Å²) in [7, 11) is 0. The molecule has 1 aromatic carbocycles. The van der Waals surface area contributed by atoms with E-state index in [4.69, 9.17) is 9.47 Å². The first-order chi connectivity index (χ1) is 15.9. The number of fused-ring (bicyclic) bond motifs is 1. The van der Waals surface area contributed by atoms with Crippen LogP contribution in [0.1, 0.15) is 27.2 Å². The zero-order valence-electron chi connectivity index (χ0n) is 18.7. The molecule has 2 aromatic rings. The highest BCUT2D eigenvalue weighted by Gasteiger charge is 2.44. The lowest BCUT2D eigenvalue weighted by atomic mass is 9.92. The van der Waals surface area contributed by atoms with E-state index in [9.17, 15) is 33.1 Å². The van der Waals surface area contributed by atoms with Crippen molar-refractivity contribution < 1.29 is 42.5 Å². The number of aromatic amines is 1. The Kier molecular flexibility index (Phi) is 7.20. The zero-order chi connectivity index (χ0) is 25.2. The van der Waals surface area contributed by atoms with Crippen LogP contribution in [0.25, 0.3) is 10.9 Å². The van der Waals surface area contributed by atoms with Crippen LogP contribution in [0.15, 0.2) is 29.1 Å². The van der Waals surface area contributed by atoms with Crippen molar-refractivity contribution >= 4 is 34.4 Å².